The molecule has 1 N–H and O–H groups in total. The molecule has 0 aliphatic rings. The Morgan fingerprint density at radius 3 is 2.94 bits per heavy atom. The summed E-state index contributed by atoms with van der Waals surface area (Å²) in [6.07, 6.45) is 1.52. The lowest BCUT2D eigenvalue weighted by molar-refractivity contribution is 0.388. The lowest BCUT2D eigenvalue weighted by Crippen LogP contribution is -2.00. The average molecular weight is 217 g/mol. The number of nitrogens with one attached hydrogen (secondary N) is 1. The molecule has 5 heteroatoms. The van der Waals surface area contributed by atoms with E-state index in [-0.39, 0.29) is 0 Å². The van der Waals surface area contributed by atoms with E-state index in [4.69, 9.17) is 9.78 Å². The van der Waals surface area contributed by atoms with Gasteiger partial charge in [-0.25, -0.2) is 4.39 Å². The van der Waals surface area contributed by atoms with Gasteiger partial charge in [0.15, 0.2) is 5.76 Å². The lowest BCUT2D eigenvalue weighted by Gasteiger charge is -2.05. The van der Waals surface area contributed by atoms with E-state index in [2.05, 4.69) is 10.5 Å². The molecule has 2 rings (SSSR count). The van der Waals surface area contributed by atoms with Crippen LogP contribution in [-0.4, -0.2) is 5.16 Å². The standard InChI is InChI=1S/C11H8FN3O/c12-10-5-8(6-13)1-2-11(10)14-7-9-3-4-15-16-9/h1-5,14H,7H2. The van der Waals surface area contributed by atoms with Gasteiger partial charge in [-0.2, -0.15) is 5.26 Å². The van der Waals surface area contributed by atoms with Crippen LogP contribution in [-0.2, 0) is 6.54 Å². The first-order chi connectivity index (χ1) is 7.79. The summed E-state index contributed by atoms with van der Waals surface area (Å²) >= 11 is 0. The second-order valence-electron chi connectivity index (χ2n) is 3.14. The molecule has 2 aromatic rings. The fourth-order valence-electron chi connectivity index (χ4n) is 1.24. The van der Waals surface area contributed by atoms with Gasteiger partial charge in [-0.1, -0.05) is 5.16 Å². The maximum Gasteiger partial charge on any atom is 0.155 e. The van der Waals surface area contributed by atoms with E-state index in [1.807, 2.05) is 6.07 Å². The zero-order valence-corrected chi connectivity index (χ0v) is 8.27. The Balaban J connectivity index is 2.08. The van der Waals surface area contributed by atoms with Crippen LogP contribution >= 0.6 is 0 Å². The molecule has 0 spiro atoms. The number of halogens is 1. The van der Waals surface area contributed by atoms with Crippen molar-refractivity contribution in [3.05, 3.63) is 47.6 Å². The number of rotatable bonds is 3. The molecule has 4 nitrogen and oxygen atoms in total. The number of hydrogen-bond acceptors (Lipinski definition) is 4. The quantitative estimate of drug-likeness (QED) is 0.856. The minimum Gasteiger partial charge on any atom is -0.375 e. The van der Waals surface area contributed by atoms with Crippen LogP contribution in [0.2, 0.25) is 0 Å². The third kappa shape index (κ3) is 2.17. The van der Waals surface area contributed by atoms with Crippen LogP contribution in [0.3, 0.4) is 0 Å². The van der Waals surface area contributed by atoms with E-state index >= 15 is 0 Å². The molecule has 1 heterocycles. The minimum atomic E-state index is -0.460. The summed E-state index contributed by atoms with van der Waals surface area (Å²) in [4.78, 5) is 0. The van der Waals surface area contributed by atoms with Crippen molar-refractivity contribution in [1.82, 2.24) is 5.16 Å². The maximum absolute atomic E-state index is 13.4. The van der Waals surface area contributed by atoms with Gasteiger partial charge in [0.1, 0.15) is 5.82 Å². The molecule has 0 saturated heterocycles. The number of nitrogens with zero attached hydrogens (tertiary/aromatic N) is 2. The number of anilines is 1. The highest BCUT2D eigenvalue weighted by molar-refractivity contribution is 5.48. The fourth-order valence-corrected chi connectivity index (χ4v) is 1.24. The van der Waals surface area contributed by atoms with Gasteiger partial charge in [0, 0.05) is 6.07 Å². The van der Waals surface area contributed by atoms with Gasteiger partial charge in [0.25, 0.3) is 0 Å². The van der Waals surface area contributed by atoms with Gasteiger partial charge in [0.2, 0.25) is 0 Å². The van der Waals surface area contributed by atoms with Crippen molar-refractivity contribution in [2.45, 2.75) is 6.54 Å². The average Bonchev–Trinajstić information content (AvgIpc) is 2.80. The van der Waals surface area contributed by atoms with Crippen molar-refractivity contribution in [2.75, 3.05) is 5.32 Å². The molecular weight excluding hydrogens is 209 g/mol. The van der Waals surface area contributed by atoms with Crippen molar-refractivity contribution in [3.63, 3.8) is 0 Å². The molecule has 80 valence electrons. The van der Waals surface area contributed by atoms with Crippen LogP contribution in [0, 0.1) is 17.1 Å². The molecule has 1 aromatic carbocycles. The van der Waals surface area contributed by atoms with Crippen LogP contribution in [0.5, 0.6) is 0 Å². The summed E-state index contributed by atoms with van der Waals surface area (Å²) in [7, 11) is 0. The summed E-state index contributed by atoms with van der Waals surface area (Å²) in [6.45, 7) is 0.350. The van der Waals surface area contributed by atoms with Crippen molar-refractivity contribution < 1.29 is 8.91 Å². The molecule has 0 unspecified atom stereocenters. The summed E-state index contributed by atoms with van der Waals surface area (Å²) in [5.74, 6) is 0.155. The maximum atomic E-state index is 13.4. The molecule has 0 bridgehead atoms. The fraction of sp³-hybridized carbons (Fsp3) is 0.0909. The van der Waals surface area contributed by atoms with Crippen LogP contribution in [0.1, 0.15) is 11.3 Å². The van der Waals surface area contributed by atoms with Gasteiger partial charge < -0.3 is 9.84 Å². The van der Waals surface area contributed by atoms with Crippen molar-refractivity contribution >= 4 is 5.69 Å². The summed E-state index contributed by atoms with van der Waals surface area (Å²) in [5.41, 5.74) is 0.623. The molecule has 0 aliphatic heterocycles. The second-order valence-corrected chi connectivity index (χ2v) is 3.14. The van der Waals surface area contributed by atoms with Gasteiger partial charge in [0.05, 0.1) is 30.1 Å². The summed E-state index contributed by atoms with van der Waals surface area (Å²) in [5, 5.41) is 15.0. The van der Waals surface area contributed by atoms with Crippen LogP contribution in [0.4, 0.5) is 10.1 Å². The third-order valence-electron chi connectivity index (χ3n) is 2.04. The molecule has 0 atom stereocenters. The Labute approximate surface area is 91.3 Å². The highest BCUT2D eigenvalue weighted by atomic mass is 19.1. The Morgan fingerprint density at radius 2 is 2.31 bits per heavy atom. The van der Waals surface area contributed by atoms with E-state index < -0.39 is 5.82 Å². The minimum absolute atomic E-state index is 0.294. The molecule has 1 aromatic heterocycles. The first-order valence-electron chi connectivity index (χ1n) is 4.62. The van der Waals surface area contributed by atoms with Gasteiger partial charge in [-0.15, -0.1) is 0 Å². The Hall–Kier alpha value is -2.35. The monoisotopic (exact) mass is 217 g/mol. The van der Waals surface area contributed by atoms with E-state index in [0.29, 0.717) is 23.6 Å². The molecular formula is C11H8FN3O. The van der Waals surface area contributed by atoms with E-state index in [0.717, 1.165) is 0 Å². The number of aromatic nitrogens is 1. The Bertz CT molecular complexity index is 517. The van der Waals surface area contributed by atoms with Gasteiger partial charge >= 0.3 is 0 Å². The zero-order valence-electron chi connectivity index (χ0n) is 8.27. The summed E-state index contributed by atoms with van der Waals surface area (Å²) < 4.78 is 18.3. The number of hydrogen-bond donors (Lipinski definition) is 1. The van der Waals surface area contributed by atoms with Crippen molar-refractivity contribution in [2.24, 2.45) is 0 Å². The first-order valence-corrected chi connectivity index (χ1v) is 4.62. The first kappa shape index (κ1) is 10.2. The second kappa shape index (κ2) is 4.45. The predicted octanol–water partition coefficient (Wildman–Crippen LogP) is 2.30. The third-order valence-corrected chi connectivity index (χ3v) is 2.04. The molecule has 16 heavy (non-hydrogen) atoms. The molecule has 0 fully saturated rings. The molecule has 0 amide bonds. The Kier molecular flexibility index (Phi) is 2.83. The lowest BCUT2D eigenvalue weighted by atomic mass is 10.2. The molecule has 0 radical (unpaired) electrons. The zero-order chi connectivity index (χ0) is 11.4. The normalized spacial score (nSPS) is 9.75. The topological polar surface area (TPSA) is 61.9 Å². The largest absolute Gasteiger partial charge is 0.375 e. The van der Waals surface area contributed by atoms with Crippen molar-refractivity contribution in [3.8, 4) is 6.07 Å². The number of benzene rings is 1. The van der Waals surface area contributed by atoms with Gasteiger partial charge in [-0.3, -0.25) is 0 Å². The molecule has 0 aliphatic carbocycles. The Morgan fingerprint density at radius 1 is 1.44 bits per heavy atom. The van der Waals surface area contributed by atoms with Gasteiger partial charge in [-0.05, 0) is 18.2 Å². The van der Waals surface area contributed by atoms with E-state index in [1.165, 1.54) is 18.3 Å². The SMILES string of the molecule is N#Cc1ccc(NCc2ccno2)c(F)c1. The predicted molar refractivity (Wildman–Crippen MR) is 54.9 cm³/mol. The van der Waals surface area contributed by atoms with Crippen LogP contribution < -0.4 is 5.32 Å². The number of nitriles is 1. The van der Waals surface area contributed by atoms with Crippen molar-refractivity contribution in [1.29, 1.82) is 5.26 Å². The van der Waals surface area contributed by atoms with E-state index in [1.54, 1.807) is 12.1 Å². The highest BCUT2D eigenvalue weighted by Crippen LogP contribution is 2.16. The summed E-state index contributed by atoms with van der Waals surface area (Å²) in [6, 6.07) is 7.81. The van der Waals surface area contributed by atoms with Crippen LogP contribution in [0.25, 0.3) is 0 Å². The highest BCUT2D eigenvalue weighted by Gasteiger charge is 2.04. The van der Waals surface area contributed by atoms with Crippen LogP contribution in [0.15, 0.2) is 35.0 Å². The molecule has 0 saturated carbocycles. The van der Waals surface area contributed by atoms with E-state index in [9.17, 15) is 4.39 Å². The smallest absolute Gasteiger partial charge is 0.155 e.